The topological polar surface area (TPSA) is 9.23 Å². The standard InChI is InChI=1S/C4H2ClF5O/c5-1-2-11-4(9,10)3(6,7)8/h1-2H. The number of hydrogen-bond acceptors (Lipinski definition) is 1. The largest absolute Gasteiger partial charge is 0.498 e. The molecule has 0 unspecified atom stereocenters. The summed E-state index contributed by atoms with van der Waals surface area (Å²) in [5, 5.41) is 0. The van der Waals surface area contributed by atoms with Gasteiger partial charge < -0.3 is 4.74 Å². The molecule has 0 bridgehead atoms. The Labute approximate surface area is 63.4 Å². The van der Waals surface area contributed by atoms with Gasteiger partial charge >= 0.3 is 12.3 Å². The van der Waals surface area contributed by atoms with E-state index in [1.807, 2.05) is 0 Å². The van der Waals surface area contributed by atoms with Crippen molar-refractivity contribution in [2.45, 2.75) is 12.3 Å². The average Bonchev–Trinajstić information content (AvgIpc) is 1.81. The summed E-state index contributed by atoms with van der Waals surface area (Å²) in [4.78, 5) is 0. The van der Waals surface area contributed by atoms with E-state index in [0.29, 0.717) is 5.54 Å². The summed E-state index contributed by atoms with van der Waals surface area (Å²) in [5.41, 5.74) is 0.402. The first-order valence-corrected chi connectivity index (χ1v) is 2.62. The van der Waals surface area contributed by atoms with Gasteiger partial charge in [0.25, 0.3) is 0 Å². The molecule has 0 saturated carbocycles. The van der Waals surface area contributed by atoms with Gasteiger partial charge in [-0.3, -0.25) is 0 Å². The highest BCUT2D eigenvalue weighted by Gasteiger charge is 2.60. The first-order valence-electron chi connectivity index (χ1n) is 2.19. The van der Waals surface area contributed by atoms with E-state index in [9.17, 15) is 22.0 Å². The van der Waals surface area contributed by atoms with Gasteiger partial charge in [0.15, 0.2) is 0 Å². The van der Waals surface area contributed by atoms with E-state index in [2.05, 4.69) is 16.3 Å². The fourth-order valence-corrected chi connectivity index (χ4v) is 0.229. The lowest BCUT2D eigenvalue weighted by atomic mass is 10.6. The van der Waals surface area contributed by atoms with Crippen molar-refractivity contribution < 1.29 is 26.7 Å². The summed E-state index contributed by atoms with van der Waals surface area (Å²) in [6.07, 6.45) is -10.9. The van der Waals surface area contributed by atoms with Gasteiger partial charge in [0.05, 0.1) is 0 Å². The molecule has 0 heterocycles. The molecule has 0 N–H and O–H groups in total. The van der Waals surface area contributed by atoms with Crippen LogP contribution in [-0.4, -0.2) is 12.3 Å². The third-order valence-electron chi connectivity index (χ3n) is 0.598. The normalized spacial score (nSPS) is 14.0. The zero-order valence-electron chi connectivity index (χ0n) is 4.83. The number of alkyl halides is 5. The van der Waals surface area contributed by atoms with E-state index in [4.69, 9.17) is 0 Å². The van der Waals surface area contributed by atoms with Crippen molar-refractivity contribution in [3.05, 3.63) is 11.8 Å². The molecule has 0 fully saturated rings. The molecule has 0 radical (unpaired) electrons. The minimum atomic E-state index is -5.72. The minimum Gasteiger partial charge on any atom is -0.433 e. The molecule has 0 aromatic rings. The molecule has 0 amide bonds. The van der Waals surface area contributed by atoms with E-state index in [-0.39, 0.29) is 6.26 Å². The van der Waals surface area contributed by atoms with Crippen molar-refractivity contribution in [1.82, 2.24) is 0 Å². The van der Waals surface area contributed by atoms with Crippen LogP contribution in [0.1, 0.15) is 0 Å². The maximum atomic E-state index is 11.7. The highest BCUT2D eigenvalue weighted by molar-refractivity contribution is 6.25. The molecular formula is C4H2ClF5O. The van der Waals surface area contributed by atoms with E-state index in [1.54, 1.807) is 0 Å². The smallest absolute Gasteiger partial charge is 0.433 e. The van der Waals surface area contributed by atoms with Crippen LogP contribution in [0.3, 0.4) is 0 Å². The molecule has 0 aromatic carbocycles. The molecule has 0 saturated heterocycles. The number of hydrogen-bond donors (Lipinski definition) is 0. The fourth-order valence-electron chi connectivity index (χ4n) is 0.178. The minimum absolute atomic E-state index is 0.0506. The second kappa shape index (κ2) is 3.25. The van der Waals surface area contributed by atoms with Gasteiger partial charge in [-0.25, -0.2) is 0 Å². The molecule has 0 aliphatic rings. The van der Waals surface area contributed by atoms with Gasteiger partial charge in [-0.15, -0.1) is 0 Å². The highest BCUT2D eigenvalue weighted by atomic mass is 35.5. The summed E-state index contributed by atoms with van der Waals surface area (Å²) in [7, 11) is 0. The van der Waals surface area contributed by atoms with Crippen LogP contribution >= 0.6 is 11.6 Å². The summed E-state index contributed by atoms with van der Waals surface area (Å²) in [5.74, 6) is 0. The van der Waals surface area contributed by atoms with E-state index >= 15 is 0 Å². The van der Waals surface area contributed by atoms with Gasteiger partial charge in [-0.2, -0.15) is 22.0 Å². The van der Waals surface area contributed by atoms with E-state index in [1.165, 1.54) is 0 Å². The van der Waals surface area contributed by atoms with Crippen LogP contribution in [0.4, 0.5) is 22.0 Å². The first-order chi connectivity index (χ1) is 4.81. The van der Waals surface area contributed by atoms with Gasteiger partial charge in [-0.05, 0) is 0 Å². The summed E-state index contributed by atoms with van der Waals surface area (Å²) in [6, 6.07) is 0. The molecule has 66 valence electrons. The van der Waals surface area contributed by atoms with Crippen molar-refractivity contribution >= 4 is 11.6 Å². The van der Waals surface area contributed by atoms with Gasteiger partial charge in [-0.1, -0.05) is 11.6 Å². The molecule has 1 nitrogen and oxygen atoms in total. The Morgan fingerprint density at radius 1 is 1.09 bits per heavy atom. The lowest BCUT2D eigenvalue weighted by Gasteiger charge is -2.17. The van der Waals surface area contributed by atoms with Crippen LogP contribution in [0.25, 0.3) is 0 Å². The number of halogens is 6. The Bertz CT molecular complexity index is 151. The number of ether oxygens (including phenoxy) is 1. The molecule has 0 atom stereocenters. The maximum absolute atomic E-state index is 11.7. The Hall–Kier alpha value is -0.520. The summed E-state index contributed by atoms with van der Waals surface area (Å²) < 4.78 is 59.9. The molecule has 0 aliphatic carbocycles. The quantitative estimate of drug-likeness (QED) is 0.487. The molecule has 0 spiro atoms. The van der Waals surface area contributed by atoms with Crippen LogP contribution in [-0.2, 0) is 4.74 Å². The van der Waals surface area contributed by atoms with Crippen LogP contribution in [0.15, 0.2) is 11.8 Å². The lowest BCUT2D eigenvalue weighted by molar-refractivity contribution is -0.375. The third kappa shape index (κ3) is 2.92. The van der Waals surface area contributed by atoms with Crippen molar-refractivity contribution in [1.29, 1.82) is 0 Å². The highest BCUT2D eigenvalue weighted by Crippen LogP contribution is 2.36. The Morgan fingerprint density at radius 3 is 1.82 bits per heavy atom. The fraction of sp³-hybridized carbons (Fsp3) is 0.500. The van der Waals surface area contributed by atoms with Crippen LogP contribution < -0.4 is 0 Å². The Kier molecular flexibility index (Phi) is 3.10. The first kappa shape index (κ1) is 10.5. The second-order valence-corrected chi connectivity index (χ2v) is 1.65. The molecule has 0 rings (SSSR count). The lowest BCUT2D eigenvalue weighted by Crippen LogP contribution is -2.37. The summed E-state index contributed by atoms with van der Waals surface area (Å²) in [6.45, 7) is 0. The van der Waals surface area contributed by atoms with Crippen LogP contribution in [0.2, 0.25) is 0 Å². The van der Waals surface area contributed by atoms with Crippen LogP contribution in [0.5, 0.6) is 0 Å². The molecule has 0 aliphatic heterocycles. The zero-order valence-corrected chi connectivity index (χ0v) is 5.59. The van der Waals surface area contributed by atoms with Gasteiger partial charge in [0.1, 0.15) is 6.26 Å². The summed E-state index contributed by atoms with van der Waals surface area (Å²) >= 11 is 4.65. The molecule has 11 heavy (non-hydrogen) atoms. The monoisotopic (exact) mass is 196 g/mol. The third-order valence-corrected chi connectivity index (χ3v) is 0.700. The van der Waals surface area contributed by atoms with Crippen molar-refractivity contribution in [2.75, 3.05) is 0 Å². The van der Waals surface area contributed by atoms with E-state index < -0.39 is 12.3 Å². The van der Waals surface area contributed by atoms with Crippen molar-refractivity contribution in [3.8, 4) is 0 Å². The number of rotatable bonds is 2. The van der Waals surface area contributed by atoms with E-state index in [0.717, 1.165) is 0 Å². The molecule has 7 heteroatoms. The predicted molar refractivity (Wildman–Crippen MR) is 27.1 cm³/mol. The Morgan fingerprint density at radius 2 is 1.55 bits per heavy atom. The second-order valence-electron chi connectivity index (χ2n) is 1.39. The van der Waals surface area contributed by atoms with Gasteiger partial charge in [0, 0.05) is 5.54 Å². The molecule has 0 aromatic heterocycles. The van der Waals surface area contributed by atoms with Crippen molar-refractivity contribution in [3.63, 3.8) is 0 Å². The van der Waals surface area contributed by atoms with Gasteiger partial charge in [0.2, 0.25) is 0 Å². The SMILES string of the molecule is FC(F)(F)C(F)(F)OC=CCl. The Balaban J connectivity index is 4.22. The maximum Gasteiger partial charge on any atom is 0.498 e. The zero-order chi connectivity index (χ0) is 9.12. The molecular weight excluding hydrogens is 194 g/mol. The van der Waals surface area contributed by atoms with Crippen molar-refractivity contribution in [2.24, 2.45) is 0 Å². The average molecular weight is 197 g/mol. The van der Waals surface area contributed by atoms with Crippen LogP contribution in [0, 0.1) is 0 Å². The predicted octanol–water partition coefficient (Wildman–Crippen LogP) is 2.87.